The zero-order valence-electron chi connectivity index (χ0n) is 25.4. The first-order valence-corrected chi connectivity index (χ1v) is 17.3. The Labute approximate surface area is 257 Å². The lowest BCUT2D eigenvalue weighted by Crippen LogP contribution is -2.51. The summed E-state index contributed by atoms with van der Waals surface area (Å²) in [6, 6.07) is 15.7. The highest BCUT2D eigenvalue weighted by Crippen LogP contribution is 2.52. The summed E-state index contributed by atoms with van der Waals surface area (Å²) < 4.78 is 34.6. The first kappa shape index (κ1) is 31.5. The van der Waals surface area contributed by atoms with Gasteiger partial charge in [0.1, 0.15) is 11.5 Å². The minimum absolute atomic E-state index is 0.000233. The Morgan fingerprint density at radius 3 is 2.29 bits per heavy atom. The fourth-order valence-corrected chi connectivity index (χ4v) is 10.0. The van der Waals surface area contributed by atoms with Crippen LogP contribution in [0.25, 0.3) is 0 Å². The van der Waals surface area contributed by atoms with Crippen LogP contribution in [0.1, 0.15) is 68.9 Å². The van der Waals surface area contributed by atoms with Crippen molar-refractivity contribution in [2.24, 2.45) is 5.41 Å². The fraction of sp³-hybridized carbons (Fsp3) is 0.606. The second kappa shape index (κ2) is 12.9. The molecule has 0 radical (unpaired) electrons. The number of benzene rings is 2. The summed E-state index contributed by atoms with van der Waals surface area (Å²) in [6.45, 7) is 3.92. The highest BCUT2D eigenvalue weighted by Gasteiger charge is 2.46. The Bertz CT molecular complexity index is 1310. The van der Waals surface area contributed by atoms with E-state index in [1.54, 1.807) is 25.1 Å². The molecule has 2 aliphatic heterocycles. The molecule has 2 aromatic carbocycles. The molecule has 0 N–H and O–H groups in total. The Kier molecular flexibility index (Phi) is 9.70. The minimum atomic E-state index is -3.77. The van der Waals surface area contributed by atoms with Crippen LogP contribution in [-0.2, 0) is 25.1 Å². The molecular formula is C33H46ClN3O4S. The lowest BCUT2D eigenvalue weighted by atomic mass is 9.61. The van der Waals surface area contributed by atoms with Crippen molar-refractivity contribution in [3.63, 3.8) is 0 Å². The van der Waals surface area contributed by atoms with Gasteiger partial charge in [0.25, 0.3) is 0 Å². The molecule has 3 fully saturated rings. The first-order chi connectivity index (χ1) is 20.1. The largest absolute Gasteiger partial charge is 0.370 e. The summed E-state index contributed by atoms with van der Waals surface area (Å²) in [7, 11) is 0.633. The van der Waals surface area contributed by atoms with Crippen LogP contribution in [0.2, 0.25) is 5.02 Å². The van der Waals surface area contributed by atoms with Gasteiger partial charge < -0.3 is 9.64 Å². The molecule has 1 atom stereocenters. The predicted octanol–water partition coefficient (Wildman–Crippen LogP) is 5.85. The summed E-state index contributed by atoms with van der Waals surface area (Å²) in [4.78, 5) is 17.6. The topological polar surface area (TPSA) is 70.2 Å². The second-order valence-corrected chi connectivity index (χ2v) is 15.1. The maximum Gasteiger partial charge on any atom is 0.248 e. The van der Waals surface area contributed by atoms with Crippen molar-refractivity contribution in [1.29, 1.82) is 0 Å². The Hall–Kier alpha value is -1.97. The molecule has 230 valence electrons. The summed E-state index contributed by atoms with van der Waals surface area (Å²) >= 11 is 6.33. The van der Waals surface area contributed by atoms with Gasteiger partial charge in [-0.2, -0.15) is 4.31 Å². The van der Waals surface area contributed by atoms with Crippen molar-refractivity contribution in [2.45, 2.75) is 81.2 Å². The molecule has 1 unspecified atom stereocenters. The normalized spacial score (nSPS) is 22.9. The average Bonchev–Trinajstić information content (AvgIpc) is 2.98. The number of rotatable bonds is 8. The van der Waals surface area contributed by atoms with Gasteiger partial charge in [0.2, 0.25) is 15.9 Å². The zero-order chi connectivity index (χ0) is 30.0. The van der Waals surface area contributed by atoms with E-state index in [2.05, 4.69) is 49.3 Å². The highest BCUT2D eigenvalue weighted by molar-refractivity contribution is 7.89. The van der Waals surface area contributed by atoms with E-state index in [0.29, 0.717) is 23.9 Å². The Balaban J connectivity index is 1.13. The predicted molar refractivity (Wildman–Crippen MR) is 167 cm³/mol. The molecule has 0 aromatic heterocycles. The van der Waals surface area contributed by atoms with Gasteiger partial charge in [-0.3, -0.25) is 9.69 Å². The molecule has 1 saturated carbocycles. The highest BCUT2D eigenvalue weighted by atomic mass is 35.5. The van der Waals surface area contributed by atoms with Gasteiger partial charge in [0, 0.05) is 31.2 Å². The van der Waals surface area contributed by atoms with Gasteiger partial charge in [-0.25, -0.2) is 8.42 Å². The number of halogens is 1. The number of carbonyl (C=O) groups excluding carboxylic acids is 1. The van der Waals surface area contributed by atoms with Crippen LogP contribution >= 0.6 is 11.6 Å². The molecule has 1 aliphatic carbocycles. The number of aryl methyl sites for hydroxylation is 1. The number of hydrogen-bond donors (Lipinski definition) is 0. The monoisotopic (exact) mass is 615 g/mol. The quantitative estimate of drug-likeness (QED) is 0.373. The number of sulfonamides is 1. The van der Waals surface area contributed by atoms with Crippen molar-refractivity contribution in [3.8, 4) is 0 Å². The standard InChI is InChI=1S/C33H46ClN3O4S/c1-26-10-9-14-29(34)31(26)42(39,40)37-21-8-7-13-28(37)24-41-25-30(38)36-22-19-32(20-23-36)15-17-33(18-16-32,35(2)3)27-11-5-4-6-12-27/h4-6,9-12,14,28H,7-8,13,15-25H2,1-3H3. The van der Waals surface area contributed by atoms with Crippen LogP contribution in [0.4, 0.5) is 0 Å². The van der Waals surface area contributed by atoms with Crippen LogP contribution in [0.15, 0.2) is 53.4 Å². The SMILES string of the molecule is Cc1cccc(Cl)c1S(=O)(=O)N1CCCCC1COCC(=O)N1CCC2(CC1)CCC(c1ccccc1)(N(C)C)CC2. The van der Waals surface area contributed by atoms with Crippen LogP contribution in [0.5, 0.6) is 0 Å². The van der Waals surface area contributed by atoms with E-state index < -0.39 is 10.0 Å². The fourth-order valence-electron chi connectivity index (χ4n) is 7.56. The van der Waals surface area contributed by atoms with Gasteiger partial charge >= 0.3 is 0 Å². The molecule has 1 spiro atoms. The summed E-state index contributed by atoms with van der Waals surface area (Å²) in [5.41, 5.74) is 2.43. The maximum absolute atomic E-state index is 13.6. The van der Waals surface area contributed by atoms with Gasteiger partial charge in [-0.15, -0.1) is 0 Å². The number of likely N-dealkylation sites (tertiary alicyclic amines) is 1. The molecule has 42 heavy (non-hydrogen) atoms. The van der Waals surface area contributed by atoms with Crippen molar-refractivity contribution in [3.05, 3.63) is 64.7 Å². The van der Waals surface area contributed by atoms with E-state index in [1.165, 1.54) is 22.7 Å². The van der Waals surface area contributed by atoms with E-state index in [0.717, 1.165) is 51.6 Å². The molecule has 5 rings (SSSR count). The van der Waals surface area contributed by atoms with Gasteiger partial charge in [-0.05, 0) is 95.0 Å². The van der Waals surface area contributed by atoms with E-state index in [1.807, 2.05) is 4.90 Å². The first-order valence-electron chi connectivity index (χ1n) is 15.4. The summed E-state index contributed by atoms with van der Waals surface area (Å²) in [5, 5.41) is 0.240. The molecule has 9 heteroatoms. The van der Waals surface area contributed by atoms with Crippen LogP contribution in [0.3, 0.4) is 0 Å². The van der Waals surface area contributed by atoms with Crippen molar-refractivity contribution < 1.29 is 17.9 Å². The van der Waals surface area contributed by atoms with E-state index in [4.69, 9.17) is 16.3 Å². The smallest absolute Gasteiger partial charge is 0.248 e. The molecule has 3 aliphatic rings. The van der Waals surface area contributed by atoms with Crippen molar-refractivity contribution >= 4 is 27.5 Å². The number of carbonyl (C=O) groups is 1. The van der Waals surface area contributed by atoms with E-state index in [9.17, 15) is 13.2 Å². The van der Waals surface area contributed by atoms with Gasteiger partial charge in [0.05, 0.1) is 11.6 Å². The Morgan fingerprint density at radius 1 is 0.952 bits per heavy atom. The minimum Gasteiger partial charge on any atom is -0.370 e. The molecular weight excluding hydrogens is 570 g/mol. The van der Waals surface area contributed by atoms with Gasteiger partial charge in [0.15, 0.2) is 0 Å². The third-order valence-corrected chi connectivity index (χ3v) is 12.9. The number of amides is 1. The molecule has 1 amide bonds. The number of ether oxygens (including phenoxy) is 1. The molecule has 2 aromatic rings. The van der Waals surface area contributed by atoms with Crippen LogP contribution in [-0.4, -0.2) is 81.4 Å². The molecule has 2 saturated heterocycles. The van der Waals surface area contributed by atoms with E-state index in [-0.39, 0.29) is 40.6 Å². The summed E-state index contributed by atoms with van der Waals surface area (Å²) in [5.74, 6) is -0.000233. The lowest BCUT2D eigenvalue weighted by Gasteiger charge is -2.52. The van der Waals surface area contributed by atoms with E-state index >= 15 is 0 Å². The lowest BCUT2D eigenvalue weighted by molar-refractivity contribution is -0.139. The number of piperidine rings is 2. The van der Waals surface area contributed by atoms with Gasteiger partial charge in [-0.1, -0.05) is 60.5 Å². The zero-order valence-corrected chi connectivity index (χ0v) is 26.9. The van der Waals surface area contributed by atoms with Crippen molar-refractivity contribution in [2.75, 3.05) is 46.9 Å². The van der Waals surface area contributed by atoms with Crippen LogP contribution < -0.4 is 0 Å². The number of nitrogens with zero attached hydrogens (tertiary/aromatic N) is 3. The van der Waals surface area contributed by atoms with Crippen molar-refractivity contribution in [1.82, 2.24) is 14.1 Å². The average molecular weight is 616 g/mol. The number of hydrogen-bond acceptors (Lipinski definition) is 5. The van der Waals surface area contributed by atoms with Crippen LogP contribution in [0, 0.1) is 12.3 Å². The third kappa shape index (κ3) is 6.29. The maximum atomic E-state index is 13.6. The third-order valence-electron chi connectivity index (χ3n) is 10.3. The molecule has 7 nitrogen and oxygen atoms in total. The molecule has 0 bridgehead atoms. The Morgan fingerprint density at radius 2 is 1.64 bits per heavy atom. The molecule has 2 heterocycles. The second-order valence-electron chi connectivity index (χ2n) is 12.8. The summed E-state index contributed by atoms with van der Waals surface area (Å²) in [6.07, 6.45) is 9.13.